The zero-order valence-corrected chi connectivity index (χ0v) is 12.6. The van der Waals surface area contributed by atoms with Crippen LogP contribution in [0, 0.1) is 5.92 Å². The Morgan fingerprint density at radius 3 is 2.57 bits per heavy atom. The van der Waals surface area contributed by atoms with Crippen molar-refractivity contribution < 1.29 is 9.90 Å². The van der Waals surface area contributed by atoms with Gasteiger partial charge >= 0.3 is 0 Å². The number of amides is 1. The number of hydrogen-bond donors (Lipinski definition) is 2. The molecule has 0 bridgehead atoms. The molecular formula is C18H25NO2. The lowest BCUT2D eigenvalue weighted by molar-refractivity contribution is 0.0904. The van der Waals surface area contributed by atoms with Crippen LogP contribution in [0.4, 0.5) is 0 Å². The fraction of sp³-hybridized carbons (Fsp3) is 0.611. The number of aliphatic hydroxyl groups is 1. The first kappa shape index (κ1) is 14.6. The highest BCUT2D eigenvalue weighted by Crippen LogP contribution is 2.33. The van der Waals surface area contributed by atoms with Gasteiger partial charge < -0.3 is 10.4 Å². The summed E-state index contributed by atoms with van der Waals surface area (Å²) in [5, 5.41) is 13.6. The van der Waals surface area contributed by atoms with Crippen LogP contribution in [-0.4, -0.2) is 17.6 Å². The molecule has 3 heteroatoms. The molecule has 0 saturated heterocycles. The zero-order valence-electron chi connectivity index (χ0n) is 12.6. The molecule has 1 amide bonds. The molecule has 0 aromatic heterocycles. The van der Waals surface area contributed by atoms with Crippen LogP contribution in [0.15, 0.2) is 18.2 Å². The van der Waals surface area contributed by atoms with Crippen molar-refractivity contribution in [3.8, 4) is 0 Å². The molecule has 1 aromatic carbocycles. The molecule has 1 atom stereocenters. The largest absolute Gasteiger partial charge is 0.388 e. The quantitative estimate of drug-likeness (QED) is 0.876. The van der Waals surface area contributed by atoms with Crippen LogP contribution in [-0.2, 0) is 6.42 Å². The van der Waals surface area contributed by atoms with Crippen LogP contribution >= 0.6 is 0 Å². The Balaban J connectivity index is 1.78. The minimum absolute atomic E-state index is 0.00275. The maximum Gasteiger partial charge on any atom is 0.251 e. The number of carbonyl (C=O) groups excluding carboxylic acids is 1. The summed E-state index contributed by atoms with van der Waals surface area (Å²) in [4.78, 5) is 11.9. The van der Waals surface area contributed by atoms with Gasteiger partial charge in [0.2, 0.25) is 0 Å². The van der Waals surface area contributed by atoms with E-state index < -0.39 is 6.10 Å². The summed E-state index contributed by atoms with van der Waals surface area (Å²) < 4.78 is 0. The van der Waals surface area contributed by atoms with Gasteiger partial charge in [-0.1, -0.05) is 44.2 Å². The van der Waals surface area contributed by atoms with Crippen molar-refractivity contribution in [1.82, 2.24) is 5.32 Å². The van der Waals surface area contributed by atoms with Gasteiger partial charge in [0, 0.05) is 12.1 Å². The summed E-state index contributed by atoms with van der Waals surface area (Å²) in [6, 6.07) is 5.95. The maximum absolute atomic E-state index is 11.9. The lowest BCUT2D eigenvalue weighted by Crippen LogP contribution is -2.32. The van der Waals surface area contributed by atoms with E-state index in [0.717, 1.165) is 42.5 Å². The number of nitrogens with one attached hydrogen (secondary N) is 1. The van der Waals surface area contributed by atoms with Crippen LogP contribution in [0.25, 0.3) is 0 Å². The minimum Gasteiger partial charge on any atom is -0.388 e. The summed E-state index contributed by atoms with van der Waals surface area (Å²) in [6.45, 7) is 0.719. The molecule has 1 heterocycles. The van der Waals surface area contributed by atoms with E-state index >= 15 is 0 Å². The van der Waals surface area contributed by atoms with Crippen molar-refractivity contribution in [2.45, 2.75) is 57.5 Å². The molecule has 0 spiro atoms. The Bertz CT molecular complexity index is 504. The average molecular weight is 287 g/mol. The third kappa shape index (κ3) is 3.29. The SMILES string of the molecule is O=C1NCCc2ccc(C(O)C3CCCCCCC3)cc21. The molecule has 1 unspecified atom stereocenters. The topological polar surface area (TPSA) is 49.3 Å². The molecule has 0 radical (unpaired) electrons. The summed E-state index contributed by atoms with van der Waals surface area (Å²) in [5.41, 5.74) is 2.77. The van der Waals surface area contributed by atoms with Gasteiger partial charge in [0.1, 0.15) is 0 Å². The predicted octanol–water partition coefficient (Wildman–Crippen LogP) is 3.37. The van der Waals surface area contributed by atoms with E-state index in [9.17, 15) is 9.90 Å². The third-order valence-corrected chi connectivity index (χ3v) is 5.00. The summed E-state index contributed by atoms with van der Waals surface area (Å²) in [7, 11) is 0. The van der Waals surface area contributed by atoms with Gasteiger partial charge in [0.15, 0.2) is 0 Å². The monoisotopic (exact) mass is 287 g/mol. The molecular weight excluding hydrogens is 262 g/mol. The van der Waals surface area contributed by atoms with Gasteiger partial charge in [-0.15, -0.1) is 0 Å². The van der Waals surface area contributed by atoms with Crippen LogP contribution in [0.2, 0.25) is 0 Å². The highest BCUT2D eigenvalue weighted by Gasteiger charge is 2.24. The van der Waals surface area contributed by atoms with Crippen molar-refractivity contribution >= 4 is 5.91 Å². The average Bonchev–Trinajstić information content (AvgIpc) is 2.46. The van der Waals surface area contributed by atoms with Crippen molar-refractivity contribution in [2.75, 3.05) is 6.54 Å². The molecule has 3 rings (SSSR count). The van der Waals surface area contributed by atoms with E-state index in [1.807, 2.05) is 18.2 Å². The van der Waals surface area contributed by atoms with Crippen molar-refractivity contribution in [1.29, 1.82) is 0 Å². The number of rotatable bonds is 2. The zero-order chi connectivity index (χ0) is 14.7. The Labute approximate surface area is 126 Å². The van der Waals surface area contributed by atoms with Gasteiger partial charge in [0.25, 0.3) is 5.91 Å². The predicted molar refractivity (Wildman–Crippen MR) is 83.2 cm³/mol. The van der Waals surface area contributed by atoms with E-state index in [0.29, 0.717) is 5.92 Å². The fourth-order valence-electron chi connectivity index (χ4n) is 3.69. The molecule has 21 heavy (non-hydrogen) atoms. The molecule has 1 aliphatic carbocycles. The Morgan fingerprint density at radius 2 is 1.81 bits per heavy atom. The molecule has 1 fully saturated rings. The normalized spacial score (nSPS) is 21.9. The number of aliphatic hydroxyl groups excluding tert-OH is 1. The van der Waals surface area contributed by atoms with Crippen molar-refractivity contribution in [2.24, 2.45) is 5.92 Å². The van der Waals surface area contributed by atoms with E-state index in [4.69, 9.17) is 0 Å². The van der Waals surface area contributed by atoms with Crippen molar-refractivity contribution in [3.05, 3.63) is 34.9 Å². The van der Waals surface area contributed by atoms with Gasteiger partial charge in [-0.3, -0.25) is 4.79 Å². The molecule has 2 aliphatic rings. The summed E-state index contributed by atoms with van der Waals surface area (Å²) in [6.07, 6.45) is 9.01. The number of hydrogen-bond acceptors (Lipinski definition) is 2. The first-order valence-electron chi connectivity index (χ1n) is 8.35. The maximum atomic E-state index is 11.9. The van der Waals surface area contributed by atoms with E-state index in [1.165, 1.54) is 32.1 Å². The van der Waals surface area contributed by atoms with E-state index in [-0.39, 0.29) is 5.91 Å². The second kappa shape index (κ2) is 6.61. The second-order valence-corrected chi connectivity index (χ2v) is 6.47. The second-order valence-electron chi connectivity index (χ2n) is 6.47. The van der Waals surface area contributed by atoms with Crippen molar-refractivity contribution in [3.63, 3.8) is 0 Å². The molecule has 1 saturated carbocycles. The fourth-order valence-corrected chi connectivity index (χ4v) is 3.69. The number of fused-ring (bicyclic) bond motifs is 1. The van der Waals surface area contributed by atoms with Gasteiger partial charge in [0.05, 0.1) is 6.10 Å². The summed E-state index contributed by atoms with van der Waals surface area (Å²) in [5.74, 6) is 0.345. The number of benzene rings is 1. The Morgan fingerprint density at radius 1 is 1.10 bits per heavy atom. The van der Waals surface area contributed by atoms with Gasteiger partial charge in [-0.25, -0.2) is 0 Å². The van der Waals surface area contributed by atoms with Gasteiger partial charge in [-0.05, 0) is 42.4 Å². The molecule has 1 aliphatic heterocycles. The highest BCUT2D eigenvalue weighted by molar-refractivity contribution is 5.96. The van der Waals surface area contributed by atoms with Crippen LogP contribution < -0.4 is 5.32 Å². The minimum atomic E-state index is -0.428. The first-order chi connectivity index (χ1) is 10.3. The van der Waals surface area contributed by atoms with Crippen LogP contribution in [0.5, 0.6) is 0 Å². The van der Waals surface area contributed by atoms with Crippen LogP contribution in [0.1, 0.15) is 72.5 Å². The molecule has 3 nitrogen and oxygen atoms in total. The standard InChI is InChI=1S/C18H25NO2/c20-17(14-6-4-2-1-3-5-7-14)15-9-8-13-10-11-19-18(21)16(13)12-15/h8-9,12,14,17,20H,1-7,10-11H2,(H,19,21). The van der Waals surface area contributed by atoms with Crippen LogP contribution in [0.3, 0.4) is 0 Å². The molecule has 2 N–H and O–H groups in total. The third-order valence-electron chi connectivity index (χ3n) is 5.00. The summed E-state index contributed by atoms with van der Waals surface area (Å²) >= 11 is 0. The first-order valence-corrected chi connectivity index (χ1v) is 8.35. The van der Waals surface area contributed by atoms with E-state index in [2.05, 4.69) is 5.32 Å². The smallest absolute Gasteiger partial charge is 0.251 e. The Hall–Kier alpha value is -1.35. The lowest BCUT2D eigenvalue weighted by Gasteiger charge is -2.26. The molecule has 1 aromatic rings. The van der Waals surface area contributed by atoms with Gasteiger partial charge in [-0.2, -0.15) is 0 Å². The molecule has 114 valence electrons. The lowest BCUT2D eigenvalue weighted by atomic mass is 9.83. The highest BCUT2D eigenvalue weighted by atomic mass is 16.3. The Kier molecular flexibility index (Phi) is 4.59. The van der Waals surface area contributed by atoms with E-state index in [1.54, 1.807) is 0 Å². The number of carbonyl (C=O) groups is 1.